The zero-order valence-corrected chi connectivity index (χ0v) is 21.2. The predicted octanol–water partition coefficient (Wildman–Crippen LogP) is 2.91. The molecule has 1 saturated heterocycles. The smallest absolute Gasteiger partial charge is 0.267 e. The second kappa shape index (κ2) is 10.7. The van der Waals surface area contributed by atoms with Crippen molar-refractivity contribution in [3.05, 3.63) is 51.8 Å². The van der Waals surface area contributed by atoms with Gasteiger partial charge in [0, 0.05) is 45.8 Å². The molecule has 2 aromatic rings. The van der Waals surface area contributed by atoms with E-state index in [0.29, 0.717) is 27.3 Å². The number of thiazole rings is 1. The average Bonchev–Trinajstić information content (AvgIpc) is 3.29. The van der Waals surface area contributed by atoms with E-state index < -0.39 is 0 Å². The molecule has 0 bridgehead atoms. The predicted molar refractivity (Wildman–Crippen MR) is 138 cm³/mol. The number of piperazine rings is 1. The van der Waals surface area contributed by atoms with Gasteiger partial charge in [0.05, 0.1) is 23.5 Å². The highest BCUT2D eigenvalue weighted by Gasteiger charge is 2.25. The van der Waals surface area contributed by atoms with Gasteiger partial charge in [0.15, 0.2) is 5.13 Å². The van der Waals surface area contributed by atoms with Crippen molar-refractivity contribution in [1.29, 1.82) is 0 Å². The van der Waals surface area contributed by atoms with E-state index >= 15 is 0 Å². The quantitative estimate of drug-likeness (QED) is 0.557. The lowest BCUT2D eigenvalue weighted by molar-refractivity contribution is 0.103. The molecule has 1 aromatic carbocycles. The number of halogens is 1. The number of hydrogen-bond acceptors (Lipinski definition) is 9. The van der Waals surface area contributed by atoms with Crippen molar-refractivity contribution in [3.63, 3.8) is 0 Å². The maximum absolute atomic E-state index is 12.8. The molecule has 0 saturated carbocycles. The molecule has 11 heteroatoms. The fraction of sp³-hybridized carbons (Fsp3) is 0.435. The minimum atomic E-state index is -0.246. The minimum Gasteiger partial charge on any atom is -0.395 e. The Morgan fingerprint density at radius 1 is 1.29 bits per heavy atom. The molecule has 4 rings (SSSR count). The number of β-amino-alcohol motifs (C(OH)–C–C–N with tert-alkyl or cyclic N) is 1. The second-order valence-corrected chi connectivity index (χ2v) is 9.79. The van der Waals surface area contributed by atoms with E-state index in [-0.39, 0.29) is 18.7 Å². The third-order valence-electron chi connectivity index (χ3n) is 6.06. The zero-order chi connectivity index (χ0) is 24.2. The molecule has 1 unspecified atom stereocenters. The van der Waals surface area contributed by atoms with Gasteiger partial charge >= 0.3 is 0 Å². The molecule has 34 heavy (non-hydrogen) atoms. The van der Waals surface area contributed by atoms with Crippen molar-refractivity contribution in [3.8, 4) is 0 Å². The van der Waals surface area contributed by atoms with Crippen molar-refractivity contribution in [2.75, 3.05) is 57.0 Å². The first kappa shape index (κ1) is 24.5. The van der Waals surface area contributed by atoms with Crippen LogP contribution in [0.2, 0.25) is 5.02 Å². The van der Waals surface area contributed by atoms with Crippen LogP contribution >= 0.6 is 22.9 Å². The lowest BCUT2D eigenvalue weighted by Crippen LogP contribution is -2.50. The van der Waals surface area contributed by atoms with E-state index in [9.17, 15) is 4.79 Å². The number of carbonyl (C=O) groups is 1. The Labute approximate surface area is 208 Å². The summed E-state index contributed by atoms with van der Waals surface area (Å²) in [6, 6.07) is 5.51. The summed E-state index contributed by atoms with van der Waals surface area (Å²) in [5.41, 5.74) is 1.51. The number of carbonyl (C=O) groups excluding carboxylic acids is 1. The van der Waals surface area contributed by atoms with Crippen LogP contribution in [0, 0.1) is 6.92 Å². The normalized spacial score (nSPS) is 19.0. The summed E-state index contributed by atoms with van der Waals surface area (Å²) < 4.78 is 0. The van der Waals surface area contributed by atoms with Gasteiger partial charge in [-0.2, -0.15) is 0 Å². The third-order valence-corrected chi connectivity index (χ3v) is 7.29. The SMILES string of the molecule is Cc1cccc(Cl)c1NC(=O)c1cnc(NC2=CC(N3CCN(CCO)CC3)=NC(C)N2C)s1. The number of aliphatic imine (C=N–C) groups is 1. The van der Waals surface area contributed by atoms with E-state index in [1.54, 1.807) is 12.3 Å². The molecular formula is C23H30ClN7O2S. The molecule has 3 heterocycles. The fourth-order valence-electron chi connectivity index (χ4n) is 3.89. The molecule has 2 aliphatic heterocycles. The second-order valence-electron chi connectivity index (χ2n) is 8.35. The number of rotatable bonds is 6. The Balaban J connectivity index is 1.44. The topological polar surface area (TPSA) is 96.3 Å². The van der Waals surface area contributed by atoms with Crippen molar-refractivity contribution in [2.24, 2.45) is 4.99 Å². The van der Waals surface area contributed by atoms with Crippen LogP contribution in [0.15, 0.2) is 41.3 Å². The van der Waals surface area contributed by atoms with Crippen LogP contribution in [0.1, 0.15) is 22.2 Å². The van der Waals surface area contributed by atoms with Gasteiger partial charge in [-0.3, -0.25) is 9.69 Å². The molecule has 182 valence electrons. The lowest BCUT2D eigenvalue weighted by atomic mass is 10.2. The Morgan fingerprint density at radius 3 is 2.76 bits per heavy atom. The number of amides is 1. The maximum Gasteiger partial charge on any atom is 0.267 e. The number of para-hydroxylation sites is 1. The summed E-state index contributed by atoms with van der Waals surface area (Å²) in [4.78, 5) is 29.1. The van der Waals surface area contributed by atoms with Crippen LogP contribution < -0.4 is 10.6 Å². The molecule has 1 fully saturated rings. The summed E-state index contributed by atoms with van der Waals surface area (Å²) in [5, 5.41) is 16.5. The number of nitrogens with zero attached hydrogens (tertiary/aromatic N) is 5. The summed E-state index contributed by atoms with van der Waals surface area (Å²) in [7, 11) is 1.98. The Kier molecular flexibility index (Phi) is 7.72. The highest BCUT2D eigenvalue weighted by molar-refractivity contribution is 7.17. The average molecular weight is 504 g/mol. The fourth-order valence-corrected chi connectivity index (χ4v) is 4.88. The Hall–Kier alpha value is -2.66. The minimum absolute atomic E-state index is 0.0381. The van der Waals surface area contributed by atoms with E-state index in [4.69, 9.17) is 21.7 Å². The van der Waals surface area contributed by atoms with Gasteiger partial charge in [-0.25, -0.2) is 9.98 Å². The number of aryl methyl sites for hydroxylation is 1. The Bertz CT molecular complexity index is 1070. The molecule has 0 aliphatic carbocycles. The van der Waals surface area contributed by atoms with Crippen molar-refractivity contribution < 1.29 is 9.90 Å². The molecule has 2 aliphatic rings. The van der Waals surface area contributed by atoms with Gasteiger partial charge < -0.3 is 25.5 Å². The molecule has 1 amide bonds. The van der Waals surface area contributed by atoms with Gasteiger partial charge in [-0.15, -0.1) is 0 Å². The number of benzene rings is 1. The molecular weight excluding hydrogens is 474 g/mol. The van der Waals surface area contributed by atoms with E-state index in [2.05, 4.69) is 25.4 Å². The third kappa shape index (κ3) is 5.52. The van der Waals surface area contributed by atoms with Crippen LogP contribution in [0.4, 0.5) is 10.8 Å². The first-order valence-corrected chi connectivity index (χ1v) is 12.4. The number of aliphatic hydroxyl groups is 1. The molecule has 3 N–H and O–H groups in total. The summed E-state index contributed by atoms with van der Waals surface area (Å²) in [6.45, 7) is 8.36. The zero-order valence-electron chi connectivity index (χ0n) is 19.6. The highest BCUT2D eigenvalue weighted by atomic mass is 35.5. The monoisotopic (exact) mass is 503 g/mol. The summed E-state index contributed by atoms with van der Waals surface area (Å²) >= 11 is 7.53. The van der Waals surface area contributed by atoms with Crippen molar-refractivity contribution in [2.45, 2.75) is 20.0 Å². The van der Waals surface area contributed by atoms with Gasteiger partial charge in [0.25, 0.3) is 5.91 Å². The standard InChI is InChI=1S/C23H30ClN7O2S/c1-15-5-4-6-17(24)21(15)28-22(33)18-14-25-23(34-18)27-19-13-20(26-16(2)29(19)3)31-9-7-30(8-10-31)11-12-32/h4-6,13-14,16,32H,7-12H2,1-3H3,(H,25,27)(H,28,33). The number of amidine groups is 1. The summed E-state index contributed by atoms with van der Waals surface area (Å²) in [5.74, 6) is 1.56. The number of nitrogens with one attached hydrogen (secondary N) is 2. The molecule has 0 spiro atoms. The van der Waals surface area contributed by atoms with Gasteiger partial charge in [0.2, 0.25) is 0 Å². The summed E-state index contributed by atoms with van der Waals surface area (Å²) in [6.07, 6.45) is 3.55. The molecule has 9 nitrogen and oxygen atoms in total. The molecule has 0 radical (unpaired) electrons. The van der Waals surface area contributed by atoms with Crippen LogP contribution in [-0.4, -0.2) is 89.1 Å². The largest absolute Gasteiger partial charge is 0.395 e. The van der Waals surface area contributed by atoms with Crippen LogP contribution in [0.5, 0.6) is 0 Å². The number of anilines is 2. The van der Waals surface area contributed by atoms with Crippen molar-refractivity contribution in [1.82, 2.24) is 19.7 Å². The Morgan fingerprint density at radius 2 is 2.06 bits per heavy atom. The van der Waals surface area contributed by atoms with E-state index in [0.717, 1.165) is 43.4 Å². The van der Waals surface area contributed by atoms with Gasteiger partial charge in [-0.05, 0) is 25.5 Å². The van der Waals surface area contributed by atoms with Crippen LogP contribution in [0.3, 0.4) is 0 Å². The first-order valence-electron chi connectivity index (χ1n) is 11.3. The van der Waals surface area contributed by atoms with Crippen LogP contribution in [0.25, 0.3) is 0 Å². The number of hydrogen-bond donors (Lipinski definition) is 3. The molecule has 1 aromatic heterocycles. The van der Waals surface area contributed by atoms with Crippen molar-refractivity contribution >= 4 is 45.5 Å². The lowest BCUT2D eigenvalue weighted by Gasteiger charge is -2.39. The number of aromatic nitrogens is 1. The number of aliphatic hydroxyl groups excluding tert-OH is 1. The van der Waals surface area contributed by atoms with Gasteiger partial charge in [-0.1, -0.05) is 35.1 Å². The van der Waals surface area contributed by atoms with Crippen LogP contribution in [-0.2, 0) is 0 Å². The van der Waals surface area contributed by atoms with Gasteiger partial charge in [0.1, 0.15) is 22.7 Å². The highest BCUT2D eigenvalue weighted by Crippen LogP contribution is 2.28. The van der Waals surface area contributed by atoms with E-state index in [1.807, 2.05) is 44.0 Å². The first-order chi connectivity index (χ1) is 16.4. The maximum atomic E-state index is 12.8. The molecule has 1 atom stereocenters. The van der Waals surface area contributed by atoms with E-state index in [1.165, 1.54) is 11.3 Å².